The molecule has 0 aliphatic carbocycles. The summed E-state index contributed by atoms with van der Waals surface area (Å²) in [7, 11) is -3.32. The van der Waals surface area contributed by atoms with Crippen molar-refractivity contribution in [3.8, 4) is 0 Å². The predicted molar refractivity (Wildman–Crippen MR) is 56.2 cm³/mol. The van der Waals surface area contributed by atoms with Gasteiger partial charge in [-0.1, -0.05) is 6.08 Å². The van der Waals surface area contributed by atoms with Gasteiger partial charge in [0, 0.05) is 32.2 Å². The van der Waals surface area contributed by atoms with Crippen molar-refractivity contribution in [2.24, 2.45) is 0 Å². The topological polar surface area (TPSA) is 61.4 Å². The second kappa shape index (κ2) is 4.88. The van der Waals surface area contributed by atoms with Crippen LogP contribution >= 0.6 is 0 Å². The average molecular weight is 219 g/mol. The highest BCUT2D eigenvalue weighted by atomic mass is 32.2. The Morgan fingerprint density at radius 2 is 2.07 bits per heavy atom. The van der Waals surface area contributed by atoms with Crippen LogP contribution in [0.1, 0.15) is 6.92 Å². The molecule has 0 aromatic rings. The first-order chi connectivity index (χ1) is 6.56. The molecule has 1 unspecified atom stereocenters. The fourth-order valence-electron chi connectivity index (χ4n) is 1.24. The van der Waals surface area contributed by atoms with Crippen LogP contribution in [0.4, 0.5) is 0 Å². The first kappa shape index (κ1) is 11.6. The number of rotatable bonds is 4. The highest BCUT2D eigenvalue weighted by Crippen LogP contribution is 2.01. The smallest absolute Gasteiger partial charge is 0.280 e. The van der Waals surface area contributed by atoms with Gasteiger partial charge in [-0.05, 0) is 6.92 Å². The highest BCUT2D eigenvalue weighted by Gasteiger charge is 2.24. The third-order valence-electron chi connectivity index (χ3n) is 2.10. The number of hydrogen-bond acceptors (Lipinski definition) is 3. The Labute approximate surface area is 85.4 Å². The maximum atomic E-state index is 11.7. The summed E-state index contributed by atoms with van der Waals surface area (Å²) in [6.07, 6.45) is 1.57. The second-order valence-corrected chi connectivity index (χ2v) is 5.00. The predicted octanol–water partition coefficient (Wildman–Crippen LogP) is -0.699. The first-order valence-electron chi connectivity index (χ1n) is 4.67. The Morgan fingerprint density at radius 1 is 1.50 bits per heavy atom. The van der Waals surface area contributed by atoms with Crippen LogP contribution in [0.15, 0.2) is 12.7 Å². The van der Waals surface area contributed by atoms with Gasteiger partial charge in [0.25, 0.3) is 10.2 Å². The Kier molecular flexibility index (Phi) is 4.06. The minimum Gasteiger partial charge on any atom is -0.314 e. The van der Waals surface area contributed by atoms with Gasteiger partial charge in [-0.25, -0.2) is 0 Å². The lowest BCUT2D eigenvalue weighted by molar-refractivity contribution is 0.354. The quantitative estimate of drug-likeness (QED) is 0.615. The SMILES string of the molecule is C=CC(C)NS(=O)(=O)N1CCNCC1. The van der Waals surface area contributed by atoms with Crippen molar-refractivity contribution in [2.75, 3.05) is 26.2 Å². The van der Waals surface area contributed by atoms with Crippen LogP contribution in [0.25, 0.3) is 0 Å². The fourth-order valence-corrected chi connectivity index (χ4v) is 2.62. The summed E-state index contributed by atoms with van der Waals surface area (Å²) in [5.74, 6) is 0. The Balaban J connectivity index is 2.59. The summed E-state index contributed by atoms with van der Waals surface area (Å²) in [5, 5.41) is 3.10. The van der Waals surface area contributed by atoms with Gasteiger partial charge in [0.05, 0.1) is 0 Å². The van der Waals surface area contributed by atoms with E-state index in [0.29, 0.717) is 26.2 Å². The molecule has 14 heavy (non-hydrogen) atoms. The molecule has 1 aliphatic heterocycles. The number of nitrogens with zero attached hydrogens (tertiary/aromatic N) is 1. The maximum absolute atomic E-state index is 11.7. The molecule has 82 valence electrons. The van der Waals surface area contributed by atoms with Crippen LogP contribution in [0.2, 0.25) is 0 Å². The zero-order valence-corrected chi connectivity index (χ0v) is 9.18. The minimum atomic E-state index is -3.32. The molecule has 0 spiro atoms. The van der Waals surface area contributed by atoms with E-state index in [2.05, 4.69) is 16.6 Å². The van der Waals surface area contributed by atoms with E-state index in [1.54, 1.807) is 13.0 Å². The molecule has 6 heteroatoms. The van der Waals surface area contributed by atoms with Crippen LogP contribution in [0.5, 0.6) is 0 Å². The van der Waals surface area contributed by atoms with Gasteiger partial charge in [0.1, 0.15) is 0 Å². The highest BCUT2D eigenvalue weighted by molar-refractivity contribution is 7.87. The van der Waals surface area contributed by atoms with Crippen LogP contribution in [0, 0.1) is 0 Å². The molecule has 0 aromatic heterocycles. The van der Waals surface area contributed by atoms with E-state index in [-0.39, 0.29) is 6.04 Å². The average Bonchev–Trinajstić information content (AvgIpc) is 2.18. The lowest BCUT2D eigenvalue weighted by atomic mass is 10.4. The zero-order chi connectivity index (χ0) is 10.6. The summed E-state index contributed by atoms with van der Waals surface area (Å²) >= 11 is 0. The van der Waals surface area contributed by atoms with E-state index in [4.69, 9.17) is 0 Å². The third-order valence-corrected chi connectivity index (χ3v) is 3.82. The van der Waals surface area contributed by atoms with E-state index in [1.165, 1.54) is 4.31 Å². The molecule has 1 rings (SSSR count). The molecule has 1 fully saturated rings. The molecule has 1 aliphatic rings. The summed E-state index contributed by atoms with van der Waals surface area (Å²) in [4.78, 5) is 0. The maximum Gasteiger partial charge on any atom is 0.280 e. The van der Waals surface area contributed by atoms with Gasteiger partial charge >= 0.3 is 0 Å². The van der Waals surface area contributed by atoms with E-state index < -0.39 is 10.2 Å². The summed E-state index contributed by atoms with van der Waals surface area (Å²) in [6.45, 7) is 7.77. The molecule has 1 heterocycles. The molecule has 2 N–H and O–H groups in total. The van der Waals surface area contributed by atoms with Crippen molar-refractivity contribution in [1.29, 1.82) is 0 Å². The van der Waals surface area contributed by atoms with Crippen LogP contribution in [-0.4, -0.2) is 44.9 Å². The van der Waals surface area contributed by atoms with Crippen LogP contribution in [-0.2, 0) is 10.2 Å². The van der Waals surface area contributed by atoms with E-state index in [9.17, 15) is 8.42 Å². The second-order valence-electron chi connectivity index (χ2n) is 3.30. The van der Waals surface area contributed by atoms with Gasteiger partial charge in [-0.2, -0.15) is 17.4 Å². The van der Waals surface area contributed by atoms with Crippen molar-refractivity contribution < 1.29 is 8.42 Å². The van der Waals surface area contributed by atoms with Crippen LogP contribution < -0.4 is 10.0 Å². The van der Waals surface area contributed by atoms with E-state index in [0.717, 1.165) is 0 Å². The van der Waals surface area contributed by atoms with E-state index in [1.807, 2.05) is 0 Å². The standard InChI is InChI=1S/C8H17N3O2S/c1-3-8(2)10-14(12,13)11-6-4-9-5-7-11/h3,8-10H,1,4-7H2,2H3. The summed E-state index contributed by atoms with van der Waals surface area (Å²) in [6, 6.07) is -0.227. The number of piperazine rings is 1. The number of hydrogen-bond donors (Lipinski definition) is 2. The van der Waals surface area contributed by atoms with E-state index >= 15 is 0 Å². The molecule has 1 saturated heterocycles. The van der Waals surface area contributed by atoms with Crippen molar-refractivity contribution in [1.82, 2.24) is 14.3 Å². The van der Waals surface area contributed by atoms with Gasteiger partial charge in [0.15, 0.2) is 0 Å². The zero-order valence-electron chi connectivity index (χ0n) is 8.36. The lowest BCUT2D eigenvalue weighted by Gasteiger charge is -2.27. The molecule has 5 nitrogen and oxygen atoms in total. The number of nitrogens with one attached hydrogen (secondary N) is 2. The normalized spacial score (nSPS) is 21.8. The first-order valence-corrected chi connectivity index (χ1v) is 6.11. The minimum absolute atomic E-state index is 0.227. The summed E-state index contributed by atoms with van der Waals surface area (Å²) < 4.78 is 27.4. The largest absolute Gasteiger partial charge is 0.314 e. The van der Waals surface area contributed by atoms with Gasteiger partial charge in [-0.15, -0.1) is 6.58 Å². The molecule has 1 atom stereocenters. The molecule has 0 radical (unpaired) electrons. The van der Waals surface area contributed by atoms with Crippen molar-refractivity contribution in [2.45, 2.75) is 13.0 Å². The Bertz CT molecular complexity index is 283. The summed E-state index contributed by atoms with van der Waals surface area (Å²) in [5.41, 5.74) is 0. The van der Waals surface area contributed by atoms with Crippen molar-refractivity contribution >= 4 is 10.2 Å². The molecule has 0 bridgehead atoms. The van der Waals surface area contributed by atoms with Crippen LogP contribution in [0.3, 0.4) is 0 Å². The molecule has 0 aromatic carbocycles. The molecule has 0 amide bonds. The monoisotopic (exact) mass is 219 g/mol. The Morgan fingerprint density at radius 3 is 2.57 bits per heavy atom. The Hall–Kier alpha value is -0.430. The van der Waals surface area contributed by atoms with Crippen molar-refractivity contribution in [3.05, 3.63) is 12.7 Å². The van der Waals surface area contributed by atoms with Gasteiger partial charge in [-0.3, -0.25) is 0 Å². The molecular formula is C8H17N3O2S. The lowest BCUT2D eigenvalue weighted by Crippen LogP contribution is -2.51. The van der Waals surface area contributed by atoms with Crippen molar-refractivity contribution in [3.63, 3.8) is 0 Å². The molecular weight excluding hydrogens is 202 g/mol. The van der Waals surface area contributed by atoms with Gasteiger partial charge in [0.2, 0.25) is 0 Å². The molecule has 0 saturated carbocycles. The fraction of sp³-hybridized carbons (Fsp3) is 0.750. The third kappa shape index (κ3) is 3.06. The van der Waals surface area contributed by atoms with Gasteiger partial charge < -0.3 is 5.32 Å².